The van der Waals surface area contributed by atoms with Crippen molar-refractivity contribution in [1.82, 2.24) is 15.0 Å². The van der Waals surface area contributed by atoms with Gasteiger partial charge in [0.25, 0.3) is 36.0 Å². The van der Waals surface area contributed by atoms with Crippen LogP contribution in [-0.2, 0) is 30.4 Å². The van der Waals surface area contributed by atoms with Gasteiger partial charge in [0.05, 0.1) is 10.6 Å². The summed E-state index contributed by atoms with van der Waals surface area (Å²) in [6.45, 7) is 0. The normalized spacial score (nSPS) is 12.8. The van der Waals surface area contributed by atoms with E-state index in [0.29, 0.717) is 11.5 Å². The van der Waals surface area contributed by atoms with Gasteiger partial charge in [-0.1, -0.05) is 42.5 Å². The quantitative estimate of drug-likeness (QED) is 0.101. The fourth-order valence-electron chi connectivity index (χ4n) is 4.23. The summed E-state index contributed by atoms with van der Waals surface area (Å²) in [7, 11) is -14.5. The van der Waals surface area contributed by atoms with Gasteiger partial charge < -0.3 is 0 Å². The van der Waals surface area contributed by atoms with Crippen LogP contribution in [0.25, 0.3) is 39.6 Å². The Kier molecular flexibility index (Phi) is 6.92. The number of hydrogen-bond donors (Lipinski definition) is 3. The van der Waals surface area contributed by atoms with Gasteiger partial charge in [0.2, 0.25) is 0 Å². The Bertz CT molecular complexity index is 2310. The molecule has 0 saturated heterocycles. The summed E-state index contributed by atoms with van der Waals surface area (Å²) in [6.07, 6.45) is 2.17. The third kappa shape index (κ3) is 5.49. The average molecular weight is 633 g/mol. The first kappa shape index (κ1) is 28.9. The molecular weight excluding hydrogens is 616 g/mol. The van der Waals surface area contributed by atoms with Crippen LogP contribution >= 0.6 is 0 Å². The minimum Gasteiger partial charge on any atom is -0.282 e. The summed E-state index contributed by atoms with van der Waals surface area (Å²) in [6, 6.07) is 13.5. The van der Waals surface area contributed by atoms with Crippen LogP contribution in [0.3, 0.4) is 0 Å². The van der Waals surface area contributed by atoms with Crippen molar-refractivity contribution in [1.29, 1.82) is 0 Å². The van der Waals surface area contributed by atoms with Crippen molar-refractivity contribution in [2.45, 2.75) is 14.7 Å². The van der Waals surface area contributed by atoms with Gasteiger partial charge in [-0.25, -0.2) is 0 Å². The summed E-state index contributed by atoms with van der Waals surface area (Å²) in [5, 5.41) is 20.1. The van der Waals surface area contributed by atoms with Gasteiger partial charge in [-0.2, -0.15) is 30.0 Å². The van der Waals surface area contributed by atoms with Crippen molar-refractivity contribution in [3.63, 3.8) is 0 Å². The number of nitrogens with zero attached hydrogens (tertiary/aromatic N) is 4. The van der Waals surface area contributed by atoms with Gasteiger partial charge in [-0.05, 0) is 35.4 Å². The molecule has 18 heteroatoms. The second-order valence-electron chi connectivity index (χ2n) is 8.74. The number of benzene rings is 4. The molecule has 15 nitrogen and oxygen atoms in total. The van der Waals surface area contributed by atoms with Crippen molar-refractivity contribution >= 4 is 70.0 Å². The predicted octanol–water partition coefficient (Wildman–Crippen LogP) is 3.39. The highest BCUT2D eigenvalue weighted by Crippen LogP contribution is 2.31. The van der Waals surface area contributed by atoms with Crippen molar-refractivity contribution in [2.75, 3.05) is 0 Å². The second kappa shape index (κ2) is 10.0. The largest absolute Gasteiger partial charge is 0.295 e. The van der Waals surface area contributed by atoms with E-state index in [1.54, 1.807) is 18.2 Å². The van der Waals surface area contributed by atoms with Gasteiger partial charge in [0.15, 0.2) is 0 Å². The minimum absolute atomic E-state index is 0.0161. The van der Waals surface area contributed by atoms with E-state index in [1.807, 2.05) is 0 Å². The Morgan fingerprint density at radius 1 is 0.690 bits per heavy atom. The molecule has 216 valence electrons. The SMILES string of the molecule is O=[N+]([O-])c1ccc(C=Cc2ccc(-n3nc4cc(S(=O)(=O)O)c5ccccc5c4n3)cc2S(=O)(=O)O)c(S(=O)(=O)O)c1. The van der Waals surface area contributed by atoms with Crippen LogP contribution in [-0.4, -0.2) is 58.8 Å². The Balaban J connectivity index is 1.64. The zero-order valence-corrected chi connectivity index (χ0v) is 23.1. The molecule has 0 atom stereocenters. The lowest BCUT2D eigenvalue weighted by atomic mass is 10.1. The van der Waals surface area contributed by atoms with E-state index < -0.39 is 55.7 Å². The number of rotatable bonds is 7. The summed E-state index contributed by atoms with van der Waals surface area (Å²) < 4.78 is 101. The third-order valence-corrected chi connectivity index (χ3v) is 8.78. The number of aromatic nitrogens is 3. The minimum atomic E-state index is -4.91. The molecule has 0 bridgehead atoms. The lowest BCUT2D eigenvalue weighted by molar-refractivity contribution is -0.385. The number of hydrogen-bond acceptors (Lipinski definition) is 10. The highest BCUT2D eigenvalue weighted by molar-refractivity contribution is 7.86. The summed E-state index contributed by atoms with van der Waals surface area (Å²) in [5.74, 6) is 0. The van der Waals surface area contributed by atoms with Crippen molar-refractivity contribution in [3.8, 4) is 5.69 Å². The maximum Gasteiger partial charge on any atom is 0.295 e. The lowest BCUT2D eigenvalue weighted by Crippen LogP contribution is -2.05. The summed E-state index contributed by atoms with van der Waals surface area (Å²) in [5.41, 5.74) is -0.673. The zero-order chi connectivity index (χ0) is 30.6. The summed E-state index contributed by atoms with van der Waals surface area (Å²) in [4.78, 5) is 9.27. The Morgan fingerprint density at radius 2 is 1.24 bits per heavy atom. The maximum atomic E-state index is 12.3. The molecule has 0 fully saturated rings. The molecule has 0 aliphatic rings. The van der Waals surface area contributed by atoms with Gasteiger partial charge in [-0.15, -0.1) is 10.2 Å². The Morgan fingerprint density at radius 3 is 1.81 bits per heavy atom. The first-order valence-corrected chi connectivity index (χ1v) is 15.7. The zero-order valence-electron chi connectivity index (χ0n) is 20.6. The third-order valence-electron chi connectivity index (χ3n) is 6.07. The monoisotopic (exact) mass is 632 g/mol. The molecule has 5 aromatic rings. The van der Waals surface area contributed by atoms with Gasteiger partial charge in [0, 0.05) is 22.9 Å². The summed E-state index contributed by atoms with van der Waals surface area (Å²) >= 11 is 0. The van der Waals surface area contributed by atoms with Gasteiger partial charge in [-0.3, -0.25) is 23.8 Å². The molecule has 4 aromatic carbocycles. The van der Waals surface area contributed by atoms with E-state index in [4.69, 9.17) is 0 Å². The maximum absolute atomic E-state index is 12.3. The van der Waals surface area contributed by atoms with E-state index in [2.05, 4.69) is 10.2 Å². The molecule has 0 radical (unpaired) electrons. The first-order chi connectivity index (χ1) is 19.5. The number of nitro benzene ring substituents is 1. The molecule has 1 heterocycles. The Hall–Kier alpha value is -4.59. The van der Waals surface area contributed by atoms with Crippen molar-refractivity contribution in [3.05, 3.63) is 88.0 Å². The van der Waals surface area contributed by atoms with Crippen LogP contribution < -0.4 is 0 Å². The first-order valence-electron chi connectivity index (χ1n) is 11.4. The van der Waals surface area contributed by atoms with Gasteiger partial charge >= 0.3 is 0 Å². The van der Waals surface area contributed by atoms with Crippen LogP contribution in [0.1, 0.15) is 11.1 Å². The van der Waals surface area contributed by atoms with E-state index in [1.165, 1.54) is 18.2 Å². The number of fused-ring (bicyclic) bond motifs is 3. The molecule has 0 aliphatic carbocycles. The average Bonchev–Trinajstić information content (AvgIpc) is 3.34. The van der Waals surface area contributed by atoms with Crippen LogP contribution in [0, 0.1) is 10.1 Å². The highest BCUT2D eigenvalue weighted by Gasteiger charge is 2.22. The smallest absolute Gasteiger partial charge is 0.282 e. The lowest BCUT2D eigenvalue weighted by Gasteiger charge is -2.07. The van der Waals surface area contributed by atoms with E-state index in [0.717, 1.165) is 41.2 Å². The van der Waals surface area contributed by atoms with E-state index >= 15 is 0 Å². The topological polar surface area (TPSA) is 237 Å². The standard InChI is InChI=1S/C24H16N4O11S3/c29-28(30)17-10-8-15(22(12-17)41(34,35)36)6-5-14-7-9-16(11-21(14)40(31,32)33)27-25-20-13-23(42(37,38)39)18-3-1-2-4-19(18)24(20)26-27/h1-13H,(H,31,32,33)(H,34,35,36)(H,37,38,39). The molecule has 0 saturated carbocycles. The van der Waals surface area contributed by atoms with Crippen molar-refractivity contribution < 1.29 is 43.8 Å². The number of nitro groups is 1. The molecule has 3 N–H and O–H groups in total. The Labute approximate surface area is 236 Å². The fraction of sp³-hybridized carbons (Fsp3) is 0. The van der Waals surface area contributed by atoms with Gasteiger partial charge in [0.1, 0.15) is 25.7 Å². The molecule has 42 heavy (non-hydrogen) atoms. The number of non-ortho nitro benzene ring substituents is 1. The van der Waals surface area contributed by atoms with Crippen LogP contribution in [0.15, 0.2) is 81.4 Å². The van der Waals surface area contributed by atoms with Crippen LogP contribution in [0.2, 0.25) is 0 Å². The molecule has 0 spiro atoms. The second-order valence-corrected chi connectivity index (χ2v) is 12.9. The molecule has 0 amide bonds. The predicted molar refractivity (Wildman–Crippen MR) is 148 cm³/mol. The highest BCUT2D eigenvalue weighted by atomic mass is 32.2. The van der Waals surface area contributed by atoms with E-state index in [9.17, 15) is 49.0 Å². The molecular formula is C24H16N4O11S3. The molecule has 0 aliphatic heterocycles. The van der Waals surface area contributed by atoms with Crippen LogP contribution in [0.5, 0.6) is 0 Å². The molecule has 0 unspecified atom stereocenters. The van der Waals surface area contributed by atoms with Crippen molar-refractivity contribution in [2.24, 2.45) is 0 Å². The molecule has 1 aromatic heterocycles. The van der Waals surface area contributed by atoms with E-state index in [-0.39, 0.29) is 33.2 Å². The van der Waals surface area contributed by atoms with Crippen LogP contribution in [0.4, 0.5) is 5.69 Å². The molecule has 5 rings (SSSR count). The fourth-order valence-corrected chi connectivity index (χ4v) is 6.35.